The summed E-state index contributed by atoms with van der Waals surface area (Å²) in [4.78, 5) is 6.56. The predicted molar refractivity (Wildman–Crippen MR) is 56.0 cm³/mol. The number of nitrogens with two attached hydrogens (primary N) is 1. The lowest BCUT2D eigenvalue weighted by molar-refractivity contribution is 0.0802. The molecule has 0 spiro atoms. The predicted octanol–water partition coefficient (Wildman–Crippen LogP) is 0.225. The molecule has 1 fully saturated rings. The highest BCUT2D eigenvalue weighted by Crippen LogP contribution is 2.16. The van der Waals surface area contributed by atoms with Crippen LogP contribution in [-0.4, -0.2) is 39.6 Å². The van der Waals surface area contributed by atoms with Crippen LogP contribution in [0.5, 0.6) is 0 Å². The summed E-state index contributed by atoms with van der Waals surface area (Å²) in [6.45, 7) is 8.25. The van der Waals surface area contributed by atoms with Gasteiger partial charge in [0.15, 0.2) is 0 Å². The maximum atomic E-state index is 5.93. The molecule has 1 aliphatic heterocycles. The van der Waals surface area contributed by atoms with Crippen LogP contribution >= 0.6 is 0 Å². The van der Waals surface area contributed by atoms with Gasteiger partial charge in [-0.2, -0.15) is 0 Å². The number of hydrogen-bond donors (Lipinski definition) is 1. The number of aryl methyl sites for hydroxylation is 1. The number of aromatic nitrogens is 2. The van der Waals surface area contributed by atoms with Crippen LogP contribution in [0.4, 0.5) is 0 Å². The van der Waals surface area contributed by atoms with E-state index in [1.165, 1.54) is 0 Å². The standard InChI is InChI=1S/C10H18N4/c1-9-12-3-4-14(9)6-5-13-7-10(2,11)8-13/h3-4H,5-8,11H2,1-2H3. The van der Waals surface area contributed by atoms with Crippen molar-refractivity contribution in [2.24, 2.45) is 5.73 Å². The van der Waals surface area contributed by atoms with Crippen LogP contribution < -0.4 is 5.73 Å². The minimum Gasteiger partial charge on any atom is -0.334 e. The van der Waals surface area contributed by atoms with Gasteiger partial charge in [-0.15, -0.1) is 0 Å². The van der Waals surface area contributed by atoms with Gasteiger partial charge in [-0.25, -0.2) is 4.98 Å². The van der Waals surface area contributed by atoms with E-state index in [4.69, 9.17) is 5.73 Å². The maximum absolute atomic E-state index is 5.93. The molecule has 2 rings (SSSR count). The Morgan fingerprint density at radius 2 is 2.21 bits per heavy atom. The summed E-state index contributed by atoms with van der Waals surface area (Å²) in [5.41, 5.74) is 5.98. The third-order valence-electron chi connectivity index (χ3n) is 2.75. The van der Waals surface area contributed by atoms with Gasteiger partial charge in [-0.3, -0.25) is 4.90 Å². The maximum Gasteiger partial charge on any atom is 0.105 e. The number of likely N-dealkylation sites (tertiary alicyclic amines) is 1. The van der Waals surface area contributed by atoms with Gasteiger partial charge in [0.2, 0.25) is 0 Å². The minimum atomic E-state index is 0.0456. The van der Waals surface area contributed by atoms with Crippen LogP contribution in [0.2, 0.25) is 0 Å². The van der Waals surface area contributed by atoms with Crippen molar-refractivity contribution >= 4 is 0 Å². The monoisotopic (exact) mass is 194 g/mol. The molecule has 0 aromatic carbocycles. The Hall–Kier alpha value is -0.870. The largest absolute Gasteiger partial charge is 0.334 e. The van der Waals surface area contributed by atoms with Gasteiger partial charge in [-0.05, 0) is 13.8 Å². The zero-order valence-electron chi connectivity index (χ0n) is 8.90. The highest BCUT2D eigenvalue weighted by Gasteiger charge is 2.33. The number of imidazole rings is 1. The normalized spacial score (nSPS) is 20.8. The second-order valence-electron chi connectivity index (χ2n) is 4.53. The Morgan fingerprint density at radius 1 is 1.50 bits per heavy atom. The molecular weight excluding hydrogens is 176 g/mol. The molecule has 1 aliphatic rings. The summed E-state index contributed by atoms with van der Waals surface area (Å²) in [5, 5.41) is 0. The average molecular weight is 194 g/mol. The van der Waals surface area contributed by atoms with Crippen LogP contribution in [0.25, 0.3) is 0 Å². The third-order valence-corrected chi connectivity index (χ3v) is 2.75. The van der Waals surface area contributed by atoms with Crippen LogP contribution in [0.3, 0.4) is 0 Å². The third kappa shape index (κ3) is 1.96. The number of rotatable bonds is 3. The van der Waals surface area contributed by atoms with E-state index < -0.39 is 0 Å². The van der Waals surface area contributed by atoms with Gasteiger partial charge >= 0.3 is 0 Å². The number of hydrogen-bond acceptors (Lipinski definition) is 3. The van der Waals surface area contributed by atoms with Crippen molar-refractivity contribution in [3.05, 3.63) is 18.2 Å². The molecule has 78 valence electrons. The van der Waals surface area contributed by atoms with E-state index in [0.29, 0.717) is 0 Å². The van der Waals surface area contributed by atoms with Crippen molar-refractivity contribution in [3.63, 3.8) is 0 Å². The Labute approximate surface area is 84.7 Å². The van der Waals surface area contributed by atoms with Gasteiger partial charge < -0.3 is 10.3 Å². The molecule has 14 heavy (non-hydrogen) atoms. The molecular formula is C10H18N4. The zero-order valence-corrected chi connectivity index (χ0v) is 8.90. The smallest absolute Gasteiger partial charge is 0.105 e. The first-order valence-electron chi connectivity index (χ1n) is 5.06. The van der Waals surface area contributed by atoms with E-state index in [1.54, 1.807) is 0 Å². The molecule has 0 amide bonds. The Morgan fingerprint density at radius 3 is 2.71 bits per heavy atom. The number of nitrogens with zero attached hydrogens (tertiary/aromatic N) is 3. The summed E-state index contributed by atoms with van der Waals surface area (Å²) >= 11 is 0. The molecule has 1 aromatic heterocycles. The van der Waals surface area contributed by atoms with E-state index in [9.17, 15) is 0 Å². The van der Waals surface area contributed by atoms with Gasteiger partial charge in [0.1, 0.15) is 5.82 Å². The first-order valence-corrected chi connectivity index (χ1v) is 5.06. The molecule has 4 nitrogen and oxygen atoms in total. The van der Waals surface area contributed by atoms with Crippen molar-refractivity contribution in [2.45, 2.75) is 25.9 Å². The molecule has 2 N–H and O–H groups in total. The quantitative estimate of drug-likeness (QED) is 0.749. The van der Waals surface area contributed by atoms with Crippen LogP contribution in [0, 0.1) is 6.92 Å². The summed E-state index contributed by atoms with van der Waals surface area (Å²) in [5.74, 6) is 1.08. The highest BCUT2D eigenvalue weighted by atomic mass is 15.3. The van der Waals surface area contributed by atoms with E-state index in [1.807, 2.05) is 19.3 Å². The minimum absolute atomic E-state index is 0.0456. The average Bonchev–Trinajstić information content (AvgIpc) is 2.44. The molecule has 0 unspecified atom stereocenters. The van der Waals surface area contributed by atoms with Crippen molar-refractivity contribution in [1.29, 1.82) is 0 Å². The van der Waals surface area contributed by atoms with Crippen LogP contribution in [0.15, 0.2) is 12.4 Å². The van der Waals surface area contributed by atoms with Gasteiger partial charge in [0.25, 0.3) is 0 Å². The molecule has 1 aromatic rings. The Kier molecular flexibility index (Phi) is 2.33. The molecule has 1 saturated heterocycles. The van der Waals surface area contributed by atoms with Crippen LogP contribution in [0.1, 0.15) is 12.7 Å². The summed E-state index contributed by atoms with van der Waals surface area (Å²) in [6.07, 6.45) is 3.87. The first kappa shape index (κ1) is 9.68. The van der Waals surface area contributed by atoms with Gasteiger partial charge in [0.05, 0.1) is 0 Å². The summed E-state index contributed by atoms with van der Waals surface area (Å²) in [7, 11) is 0. The van der Waals surface area contributed by atoms with Crippen LogP contribution in [-0.2, 0) is 6.54 Å². The second kappa shape index (κ2) is 3.37. The summed E-state index contributed by atoms with van der Waals surface area (Å²) < 4.78 is 2.17. The lowest BCUT2D eigenvalue weighted by Crippen LogP contribution is -2.65. The molecule has 0 saturated carbocycles. The van der Waals surface area contributed by atoms with Crippen molar-refractivity contribution in [2.75, 3.05) is 19.6 Å². The molecule has 0 atom stereocenters. The highest BCUT2D eigenvalue weighted by molar-refractivity contribution is 4.96. The fourth-order valence-electron chi connectivity index (χ4n) is 2.02. The first-order chi connectivity index (χ1) is 6.57. The molecule has 0 bridgehead atoms. The molecule has 2 heterocycles. The van der Waals surface area contributed by atoms with E-state index in [2.05, 4.69) is 21.4 Å². The summed E-state index contributed by atoms with van der Waals surface area (Å²) in [6, 6.07) is 0. The van der Waals surface area contributed by atoms with Crippen molar-refractivity contribution < 1.29 is 0 Å². The van der Waals surface area contributed by atoms with E-state index in [0.717, 1.165) is 32.0 Å². The van der Waals surface area contributed by atoms with Crippen molar-refractivity contribution in [1.82, 2.24) is 14.5 Å². The second-order valence-corrected chi connectivity index (χ2v) is 4.53. The topological polar surface area (TPSA) is 47.1 Å². The molecule has 0 radical (unpaired) electrons. The lowest BCUT2D eigenvalue weighted by Gasteiger charge is -2.45. The molecule has 0 aliphatic carbocycles. The zero-order chi connectivity index (χ0) is 10.2. The lowest BCUT2D eigenvalue weighted by atomic mass is 9.94. The molecule has 4 heteroatoms. The van der Waals surface area contributed by atoms with Gasteiger partial charge in [0, 0.05) is 44.1 Å². The van der Waals surface area contributed by atoms with Crippen molar-refractivity contribution in [3.8, 4) is 0 Å². The fourth-order valence-corrected chi connectivity index (χ4v) is 2.02. The van der Waals surface area contributed by atoms with E-state index in [-0.39, 0.29) is 5.54 Å². The van der Waals surface area contributed by atoms with E-state index >= 15 is 0 Å². The Balaban J connectivity index is 1.77. The fraction of sp³-hybridized carbons (Fsp3) is 0.700. The Bertz CT molecular complexity index is 308. The van der Waals surface area contributed by atoms with Gasteiger partial charge in [-0.1, -0.05) is 0 Å². The SMILES string of the molecule is Cc1nccn1CCN1CC(C)(N)C1.